The fourth-order valence-electron chi connectivity index (χ4n) is 4.82. The van der Waals surface area contributed by atoms with Crippen LogP contribution in [0, 0.1) is 5.82 Å². The molecule has 1 atom stereocenters. The topological polar surface area (TPSA) is 78.7 Å². The normalized spacial score (nSPS) is 17.1. The SMILES string of the molecule is COC(=O)c1ccc2nc(CN3CC=C(c4cccc5c4OC(c4ccc(Cl)cc4F)O5)CC3)n(C)c2n1. The van der Waals surface area contributed by atoms with Crippen molar-refractivity contribution < 1.29 is 23.4 Å². The molecule has 0 spiro atoms. The molecule has 194 valence electrons. The van der Waals surface area contributed by atoms with Crippen LogP contribution in [-0.2, 0) is 18.3 Å². The number of carbonyl (C=O) groups excluding carboxylic acids is 1. The average Bonchev–Trinajstić information content (AvgIpc) is 3.49. The van der Waals surface area contributed by atoms with Gasteiger partial charge in [0, 0.05) is 30.7 Å². The molecule has 6 rings (SSSR count). The predicted molar refractivity (Wildman–Crippen MR) is 140 cm³/mol. The van der Waals surface area contributed by atoms with Gasteiger partial charge in [-0.1, -0.05) is 29.8 Å². The minimum absolute atomic E-state index is 0.253. The van der Waals surface area contributed by atoms with Crippen LogP contribution in [-0.4, -0.2) is 45.6 Å². The Balaban J connectivity index is 1.18. The summed E-state index contributed by atoms with van der Waals surface area (Å²) in [6.07, 6.45) is 2.11. The summed E-state index contributed by atoms with van der Waals surface area (Å²) < 4.78 is 33.2. The second kappa shape index (κ2) is 9.74. The third-order valence-corrected chi connectivity index (χ3v) is 7.10. The molecule has 0 amide bonds. The monoisotopic (exact) mass is 534 g/mol. The number of rotatable bonds is 5. The number of imidazole rings is 1. The number of ether oxygens (including phenoxy) is 3. The van der Waals surface area contributed by atoms with E-state index >= 15 is 0 Å². The Hall–Kier alpha value is -3.95. The molecule has 1 unspecified atom stereocenters. The van der Waals surface area contributed by atoms with Gasteiger partial charge in [0.25, 0.3) is 6.29 Å². The Morgan fingerprint density at radius 1 is 1.18 bits per heavy atom. The largest absolute Gasteiger partial charge is 0.464 e. The van der Waals surface area contributed by atoms with Crippen molar-refractivity contribution in [1.82, 2.24) is 19.4 Å². The highest BCUT2D eigenvalue weighted by Crippen LogP contribution is 2.46. The quantitative estimate of drug-likeness (QED) is 0.321. The lowest BCUT2D eigenvalue weighted by Gasteiger charge is -2.26. The van der Waals surface area contributed by atoms with Crippen LogP contribution in [0.3, 0.4) is 0 Å². The minimum Gasteiger partial charge on any atom is -0.464 e. The van der Waals surface area contributed by atoms with Crippen molar-refractivity contribution in [2.45, 2.75) is 19.3 Å². The smallest absolute Gasteiger partial charge is 0.356 e. The summed E-state index contributed by atoms with van der Waals surface area (Å²) in [6.45, 7) is 2.17. The standard InChI is InChI=1S/C28H24ClFN4O4/c1-33-24(31-21-8-9-22(27(35)36-2)32-26(21)33)15-34-12-10-16(11-13-34)18-4-3-5-23-25(18)38-28(37-23)19-7-6-17(29)14-20(19)30/h3-10,14,28H,11-13,15H2,1-2H3. The molecule has 0 N–H and O–H groups in total. The van der Waals surface area contributed by atoms with E-state index < -0.39 is 18.1 Å². The van der Waals surface area contributed by atoms with Crippen LogP contribution in [0.15, 0.2) is 54.6 Å². The number of nitrogens with zero attached hydrogens (tertiary/aromatic N) is 4. The van der Waals surface area contributed by atoms with Crippen LogP contribution in [0.2, 0.25) is 5.02 Å². The molecule has 8 nitrogen and oxygen atoms in total. The summed E-state index contributed by atoms with van der Waals surface area (Å²) >= 11 is 5.90. The molecule has 2 aliphatic heterocycles. The van der Waals surface area contributed by atoms with Crippen LogP contribution < -0.4 is 9.47 Å². The van der Waals surface area contributed by atoms with E-state index in [0.29, 0.717) is 34.3 Å². The summed E-state index contributed by atoms with van der Waals surface area (Å²) in [6, 6.07) is 13.6. The minimum atomic E-state index is -0.866. The number of fused-ring (bicyclic) bond motifs is 2. The van der Waals surface area contributed by atoms with Gasteiger partial charge in [0.05, 0.1) is 19.2 Å². The number of halogens is 2. The summed E-state index contributed by atoms with van der Waals surface area (Å²) in [5.41, 5.74) is 4.01. The molecule has 2 aliphatic rings. The number of aryl methyl sites for hydroxylation is 1. The van der Waals surface area contributed by atoms with Crippen LogP contribution in [0.1, 0.15) is 40.2 Å². The van der Waals surface area contributed by atoms with Crippen LogP contribution in [0.5, 0.6) is 11.5 Å². The van der Waals surface area contributed by atoms with Crippen molar-refractivity contribution >= 4 is 34.3 Å². The molecular weight excluding hydrogens is 511 g/mol. The number of methoxy groups -OCH3 is 1. The Kier molecular flexibility index (Phi) is 6.25. The zero-order valence-corrected chi connectivity index (χ0v) is 21.5. The zero-order chi connectivity index (χ0) is 26.4. The van der Waals surface area contributed by atoms with Gasteiger partial charge in [-0.2, -0.15) is 0 Å². The summed E-state index contributed by atoms with van der Waals surface area (Å²) in [5.74, 6) is 1.12. The number of pyridine rings is 1. The number of para-hydroxylation sites is 1. The first-order valence-corrected chi connectivity index (χ1v) is 12.5. The van der Waals surface area contributed by atoms with Gasteiger partial charge in [0.1, 0.15) is 17.2 Å². The molecule has 4 heterocycles. The zero-order valence-electron chi connectivity index (χ0n) is 20.8. The summed E-state index contributed by atoms with van der Waals surface area (Å²) in [7, 11) is 3.23. The highest BCUT2D eigenvalue weighted by molar-refractivity contribution is 6.30. The molecule has 0 saturated carbocycles. The van der Waals surface area contributed by atoms with Crippen molar-refractivity contribution in [3.05, 3.63) is 88.1 Å². The Labute approximate surface area is 223 Å². The number of hydrogen-bond donors (Lipinski definition) is 0. The maximum atomic E-state index is 14.5. The fraction of sp³-hybridized carbons (Fsp3) is 0.250. The molecule has 10 heteroatoms. The first-order chi connectivity index (χ1) is 18.4. The molecule has 4 aromatic rings. The van der Waals surface area contributed by atoms with E-state index in [9.17, 15) is 9.18 Å². The van der Waals surface area contributed by atoms with Gasteiger partial charge < -0.3 is 18.8 Å². The number of aromatic nitrogens is 3. The molecule has 2 aromatic carbocycles. The summed E-state index contributed by atoms with van der Waals surface area (Å²) in [5, 5.41) is 0.320. The third kappa shape index (κ3) is 4.37. The molecule has 0 fully saturated rings. The van der Waals surface area contributed by atoms with Gasteiger partial charge in [-0.05, 0) is 48.4 Å². The molecule has 0 aliphatic carbocycles. The number of hydrogen-bond acceptors (Lipinski definition) is 7. The second-order valence-electron chi connectivity index (χ2n) is 9.20. The highest BCUT2D eigenvalue weighted by Gasteiger charge is 2.31. The van der Waals surface area contributed by atoms with Gasteiger partial charge in [0.2, 0.25) is 0 Å². The van der Waals surface area contributed by atoms with Gasteiger partial charge in [0.15, 0.2) is 22.8 Å². The second-order valence-corrected chi connectivity index (χ2v) is 9.64. The van der Waals surface area contributed by atoms with Crippen LogP contribution in [0.25, 0.3) is 16.7 Å². The van der Waals surface area contributed by atoms with Gasteiger partial charge in [-0.3, -0.25) is 4.90 Å². The maximum absolute atomic E-state index is 14.5. The molecule has 0 saturated heterocycles. The van der Waals surface area contributed by atoms with Gasteiger partial charge >= 0.3 is 5.97 Å². The Bertz CT molecular complexity index is 1600. The molecule has 38 heavy (non-hydrogen) atoms. The van der Waals surface area contributed by atoms with Crippen LogP contribution in [0.4, 0.5) is 4.39 Å². The van der Waals surface area contributed by atoms with E-state index in [0.717, 1.165) is 42.0 Å². The van der Waals surface area contributed by atoms with E-state index in [1.165, 1.54) is 13.2 Å². The maximum Gasteiger partial charge on any atom is 0.356 e. The Morgan fingerprint density at radius 2 is 2.05 bits per heavy atom. The van der Waals surface area contributed by atoms with E-state index in [-0.39, 0.29) is 5.69 Å². The van der Waals surface area contributed by atoms with Crippen LogP contribution >= 0.6 is 11.6 Å². The molecule has 0 radical (unpaired) electrons. The van der Waals surface area contributed by atoms with Crippen molar-refractivity contribution in [3.8, 4) is 11.5 Å². The number of carbonyl (C=O) groups is 1. The van der Waals surface area contributed by atoms with E-state index in [1.54, 1.807) is 24.3 Å². The summed E-state index contributed by atoms with van der Waals surface area (Å²) in [4.78, 5) is 23.3. The lowest BCUT2D eigenvalue weighted by molar-refractivity contribution is 0.0452. The molecule has 0 bridgehead atoms. The van der Waals surface area contributed by atoms with Crippen molar-refractivity contribution in [2.24, 2.45) is 7.05 Å². The van der Waals surface area contributed by atoms with Gasteiger partial charge in [-0.15, -0.1) is 0 Å². The third-order valence-electron chi connectivity index (χ3n) is 6.86. The van der Waals surface area contributed by atoms with Crippen molar-refractivity contribution in [1.29, 1.82) is 0 Å². The lowest BCUT2D eigenvalue weighted by Crippen LogP contribution is -2.29. The van der Waals surface area contributed by atoms with Crippen molar-refractivity contribution in [3.63, 3.8) is 0 Å². The number of esters is 1. The first kappa shape index (κ1) is 24.4. The number of benzene rings is 2. The molecular formula is C28H24ClFN4O4. The van der Waals surface area contributed by atoms with Crippen molar-refractivity contribution in [2.75, 3.05) is 20.2 Å². The Morgan fingerprint density at radius 3 is 2.82 bits per heavy atom. The van der Waals surface area contributed by atoms with E-state index in [4.69, 9.17) is 30.8 Å². The predicted octanol–water partition coefficient (Wildman–Crippen LogP) is 5.31. The fourth-order valence-corrected chi connectivity index (χ4v) is 4.98. The van der Waals surface area contributed by atoms with E-state index in [2.05, 4.69) is 16.0 Å². The molecule has 2 aromatic heterocycles. The van der Waals surface area contributed by atoms with E-state index in [1.807, 2.05) is 29.8 Å². The highest BCUT2D eigenvalue weighted by atomic mass is 35.5. The lowest BCUT2D eigenvalue weighted by atomic mass is 9.98. The first-order valence-electron chi connectivity index (χ1n) is 12.1. The average molecular weight is 535 g/mol. The van der Waals surface area contributed by atoms with Gasteiger partial charge in [-0.25, -0.2) is 19.2 Å².